The first-order valence-electron chi connectivity index (χ1n) is 8.60. The molecule has 0 saturated heterocycles. The van der Waals surface area contributed by atoms with Crippen LogP contribution in [0.15, 0.2) is 0 Å². The number of hydrogen-bond acceptors (Lipinski definition) is 2. The topological polar surface area (TPSA) is 32.3 Å². The van der Waals surface area contributed by atoms with Crippen LogP contribution in [0.25, 0.3) is 0 Å². The van der Waals surface area contributed by atoms with Crippen LogP contribution in [0.2, 0.25) is 0 Å². The van der Waals surface area contributed by atoms with Gasteiger partial charge in [-0.1, -0.05) is 32.6 Å². The minimum absolute atomic E-state index is 0.413. The third-order valence-electron chi connectivity index (χ3n) is 5.79. The Hall–Kier alpha value is -0.0800. The van der Waals surface area contributed by atoms with Gasteiger partial charge < -0.3 is 10.4 Å². The second kappa shape index (κ2) is 5.73. The van der Waals surface area contributed by atoms with E-state index in [4.69, 9.17) is 0 Å². The zero-order chi connectivity index (χ0) is 13.3. The lowest BCUT2D eigenvalue weighted by Crippen LogP contribution is -2.48. The van der Waals surface area contributed by atoms with Crippen LogP contribution in [0.5, 0.6) is 0 Å². The van der Waals surface area contributed by atoms with Crippen LogP contribution in [0, 0.1) is 17.8 Å². The second-order valence-corrected chi connectivity index (χ2v) is 7.77. The summed E-state index contributed by atoms with van der Waals surface area (Å²) in [6.07, 6.45) is 13.0. The standard InChI is InChI=1S/C17H31NO/c1-13-4-3-9-17(19,11-13)12-18-16-6-2-5-15(10-16)14-7-8-14/h13-16,18-19H,2-12H2,1H3. The average molecular weight is 265 g/mol. The third-order valence-corrected chi connectivity index (χ3v) is 5.79. The van der Waals surface area contributed by atoms with Gasteiger partial charge in [-0.3, -0.25) is 0 Å². The van der Waals surface area contributed by atoms with Crippen LogP contribution in [-0.2, 0) is 0 Å². The first-order chi connectivity index (χ1) is 9.15. The smallest absolute Gasteiger partial charge is 0.0774 e. The van der Waals surface area contributed by atoms with E-state index in [0.717, 1.165) is 31.2 Å². The van der Waals surface area contributed by atoms with Crippen molar-refractivity contribution in [2.24, 2.45) is 17.8 Å². The minimum Gasteiger partial charge on any atom is -0.389 e. The number of hydrogen-bond donors (Lipinski definition) is 2. The Labute approximate surface area is 118 Å². The van der Waals surface area contributed by atoms with Crippen LogP contribution in [0.3, 0.4) is 0 Å². The largest absolute Gasteiger partial charge is 0.389 e. The molecule has 19 heavy (non-hydrogen) atoms. The highest BCUT2D eigenvalue weighted by molar-refractivity contribution is 4.91. The number of rotatable bonds is 4. The van der Waals surface area contributed by atoms with Crippen molar-refractivity contribution in [1.29, 1.82) is 0 Å². The molecule has 2 nitrogen and oxygen atoms in total. The predicted octanol–water partition coefficient (Wildman–Crippen LogP) is 3.49. The van der Waals surface area contributed by atoms with E-state index in [9.17, 15) is 5.11 Å². The summed E-state index contributed by atoms with van der Waals surface area (Å²) < 4.78 is 0. The van der Waals surface area contributed by atoms with Crippen molar-refractivity contribution >= 4 is 0 Å². The zero-order valence-electron chi connectivity index (χ0n) is 12.5. The van der Waals surface area contributed by atoms with E-state index in [0.29, 0.717) is 12.0 Å². The van der Waals surface area contributed by atoms with Gasteiger partial charge in [0.15, 0.2) is 0 Å². The molecule has 0 radical (unpaired) electrons. The maximum Gasteiger partial charge on any atom is 0.0774 e. The maximum atomic E-state index is 10.7. The van der Waals surface area contributed by atoms with Crippen molar-refractivity contribution in [3.05, 3.63) is 0 Å². The Balaban J connectivity index is 1.45. The Kier molecular flexibility index (Phi) is 4.19. The van der Waals surface area contributed by atoms with Crippen LogP contribution in [0.4, 0.5) is 0 Å². The number of nitrogens with one attached hydrogen (secondary N) is 1. The molecule has 0 aromatic carbocycles. The quantitative estimate of drug-likeness (QED) is 0.815. The van der Waals surface area contributed by atoms with Crippen molar-refractivity contribution in [2.45, 2.75) is 82.8 Å². The molecule has 3 rings (SSSR count). The average Bonchev–Trinajstić information content (AvgIpc) is 3.21. The Bertz CT molecular complexity index is 302. The summed E-state index contributed by atoms with van der Waals surface area (Å²) in [5.41, 5.74) is -0.413. The number of aliphatic hydroxyl groups is 1. The molecule has 3 aliphatic rings. The van der Waals surface area contributed by atoms with E-state index in [1.165, 1.54) is 51.4 Å². The molecule has 110 valence electrons. The van der Waals surface area contributed by atoms with Crippen molar-refractivity contribution in [3.63, 3.8) is 0 Å². The van der Waals surface area contributed by atoms with Crippen molar-refractivity contribution in [2.75, 3.05) is 6.54 Å². The summed E-state index contributed by atoms with van der Waals surface area (Å²) in [4.78, 5) is 0. The van der Waals surface area contributed by atoms with Gasteiger partial charge in [-0.2, -0.15) is 0 Å². The van der Waals surface area contributed by atoms with E-state index in [1.54, 1.807) is 0 Å². The summed E-state index contributed by atoms with van der Waals surface area (Å²) in [5.74, 6) is 2.75. The molecule has 0 heterocycles. The van der Waals surface area contributed by atoms with E-state index in [1.807, 2.05) is 0 Å². The normalized spacial score (nSPS) is 44.2. The molecule has 0 spiro atoms. The summed E-state index contributed by atoms with van der Waals surface area (Å²) in [6.45, 7) is 3.12. The maximum absolute atomic E-state index is 10.7. The lowest BCUT2D eigenvalue weighted by atomic mass is 9.78. The van der Waals surface area contributed by atoms with Gasteiger partial charge in [0.25, 0.3) is 0 Å². The highest BCUT2D eigenvalue weighted by Gasteiger charge is 2.36. The minimum atomic E-state index is -0.413. The van der Waals surface area contributed by atoms with Gasteiger partial charge >= 0.3 is 0 Å². The van der Waals surface area contributed by atoms with E-state index in [-0.39, 0.29) is 0 Å². The fraction of sp³-hybridized carbons (Fsp3) is 1.00. The SMILES string of the molecule is CC1CCCC(O)(CNC2CCCC(C3CC3)C2)C1. The van der Waals surface area contributed by atoms with Gasteiger partial charge in [0.05, 0.1) is 5.60 Å². The molecule has 0 bridgehead atoms. The molecule has 2 N–H and O–H groups in total. The Morgan fingerprint density at radius 3 is 2.63 bits per heavy atom. The lowest BCUT2D eigenvalue weighted by Gasteiger charge is -2.38. The first kappa shape index (κ1) is 13.9. The molecule has 3 saturated carbocycles. The molecule has 3 aliphatic carbocycles. The molecular weight excluding hydrogens is 234 g/mol. The molecule has 3 fully saturated rings. The zero-order valence-corrected chi connectivity index (χ0v) is 12.5. The van der Waals surface area contributed by atoms with E-state index >= 15 is 0 Å². The summed E-state index contributed by atoms with van der Waals surface area (Å²) >= 11 is 0. The van der Waals surface area contributed by atoms with Crippen LogP contribution in [0.1, 0.15) is 71.1 Å². The fourth-order valence-corrected chi connectivity index (χ4v) is 4.54. The Morgan fingerprint density at radius 1 is 1.05 bits per heavy atom. The lowest BCUT2D eigenvalue weighted by molar-refractivity contribution is -0.0152. The fourth-order valence-electron chi connectivity index (χ4n) is 4.54. The van der Waals surface area contributed by atoms with Gasteiger partial charge in [0.2, 0.25) is 0 Å². The molecular formula is C17H31NO. The van der Waals surface area contributed by atoms with Gasteiger partial charge in [-0.25, -0.2) is 0 Å². The van der Waals surface area contributed by atoms with Crippen LogP contribution < -0.4 is 5.32 Å². The second-order valence-electron chi connectivity index (χ2n) is 7.77. The van der Waals surface area contributed by atoms with Gasteiger partial charge in [0, 0.05) is 12.6 Å². The van der Waals surface area contributed by atoms with E-state index < -0.39 is 5.60 Å². The summed E-state index contributed by atoms with van der Waals surface area (Å²) in [7, 11) is 0. The summed E-state index contributed by atoms with van der Waals surface area (Å²) in [5, 5.41) is 14.4. The highest BCUT2D eigenvalue weighted by Crippen LogP contribution is 2.44. The molecule has 0 aromatic heterocycles. The highest BCUT2D eigenvalue weighted by atomic mass is 16.3. The van der Waals surface area contributed by atoms with Crippen molar-refractivity contribution < 1.29 is 5.11 Å². The predicted molar refractivity (Wildman–Crippen MR) is 79.1 cm³/mol. The van der Waals surface area contributed by atoms with Crippen LogP contribution in [-0.4, -0.2) is 23.3 Å². The van der Waals surface area contributed by atoms with Gasteiger partial charge in [0.1, 0.15) is 0 Å². The monoisotopic (exact) mass is 265 g/mol. The van der Waals surface area contributed by atoms with Gasteiger partial charge in [-0.15, -0.1) is 0 Å². The Morgan fingerprint density at radius 2 is 1.89 bits per heavy atom. The third kappa shape index (κ3) is 3.72. The van der Waals surface area contributed by atoms with Crippen molar-refractivity contribution in [3.8, 4) is 0 Å². The molecule has 4 atom stereocenters. The van der Waals surface area contributed by atoms with Crippen molar-refractivity contribution in [1.82, 2.24) is 5.32 Å². The summed E-state index contributed by atoms with van der Waals surface area (Å²) in [6, 6.07) is 0.681. The molecule has 2 heteroatoms. The van der Waals surface area contributed by atoms with Crippen LogP contribution >= 0.6 is 0 Å². The molecule has 0 aromatic rings. The molecule has 4 unspecified atom stereocenters. The first-order valence-corrected chi connectivity index (χ1v) is 8.60. The van der Waals surface area contributed by atoms with Gasteiger partial charge in [-0.05, 0) is 56.3 Å². The van der Waals surface area contributed by atoms with E-state index in [2.05, 4.69) is 12.2 Å². The molecule has 0 amide bonds. The molecule has 0 aliphatic heterocycles.